The van der Waals surface area contributed by atoms with E-state index in [-0.39, 0.29) is 5.25 Å². The number of aromatic nitrogens is 1. The van der Waals surface area contributed by atoms with Crippen LogP contribution < -0.4 is 0 Å². The molecular weight excluding hydrogens is 326 g/mol. The highest BCUT2D eigenvalue weighted by Crippen LogP contribution is 2.24. The van der Waals surface area contributed by atoms with Gasteiger partial charge in [-0.05, 0) is 38.5 Å². The molecule has 0 aliphatic rings. The van der Waals surface area contributed by atoms with E-state index in [0.29, 0.717) is 11.6 Å². The maximum atomic E-state index is 12.3. The molecule has 0 aliphatic heterocycles. The predicted molar refractivity (Wildman–Crippen MR) is 80.4 cm³/mol. The summed E-state index contributed by atoms with van der Waals surface area (Å²) in [5.74, 6) is 1.69. The number of rotatable bonds is 4. The van der Waals surface area contributed by atoms with Crippen LogP contribution in [0.1, 0.15) is 35.1 Å². The Morgan fingerprint density at radius 3 is 2.74 bits per heavy atom. The minimum atomic E-state index is -1.05. The molecule has 0 N–H and O–H groups in total. The van der Waals surface area contributed by atoms with Crippen molar-refractivity contribution in [2.75, 3.05) is 0 Å². The third-order valence-corrected chi connectivity index (χ3v) is 5.14. The van der Waals surface area contributed by atoms with Gasteiger partial charge in [0.1, 0.15) is 11.5 Å². The monoisotopic (exact) mass is 341 g/mol. The molecule has 1 heterocycles. The van der Waals surface area contributed by atoms with Crippen LogP contribution in [0.2, 0.25) is 0 Å². The third-order valence-electron chi connectivity index (χ3n) is 3.05. The zero-order chi connectivity index (χ0) is 14.0. The Balaban J connectivity index is 2.11. The lowest BCUT2D eigenvalue weighted by Crippen LogP contribution is -2.05. The molecule has 0 saturated heterocycles. The number of aryl methyl sites for hydroxylation is 2. The molecule has 0 spiro atoms. The third kappa shape index (κ3) is 3.54. The molecule has 0 bridgehead atoms. The molecule has 0 amide bonds. The minimum Gasteiger partial charge on any atom is -0.445 e. The molecule has 1 aromatic heterocycles. The van der Waals surface area contributed by atoms with Crippen LogP contribution in [0.25, 0.3) is 0 Å². The Morgan fingerprint density at radius 1 is 1.42 bits per heavy atom. The number of hydrogen-bond donors (Lipinski definition) is 0. The zero-order valence-corrected chi connectivity index (χ0v) is 13.5. The molecule has 0 aliphatic carbocycles. The van der Waals surface area contributed by atoms with E-state index < -0.39 is 10.8 Å². The topological polar surface area (TPSA) is 43.1 Å². The van der Waals surface area contributed by atoms with Gasteiger partial charge in [0.2, 0.25) is 5.89 Å². The van der Waals surface area contributed by atoms with Gasteiger partial charge in [-0.3, -0.25) is 4.21 Å². The van der Waals surface area contributed by atoms with Crippen LogP contribution >= 0.6 is 15.9 Å². The van der Waals surface area contributed by atoms with Gasteiger partial charge in [-0.25, -0.2) is 4.98 Å². The number of halogens is 1. The molecule has 0 radical (unpaired) electrons. The van der Waals surface area contributed by atoms with E-state index in [1.54, 1.807) is 0 Å². The average molecular weight is 342 g/mol. The first kappa shape index (κ1) is 14.5. The van der Waals surface area contributed by atoms with E-state index in [2.05, 4.69) is 20.9 Å². The summed E-state index contributed by atoms with van der Waals surface area (Å²) in [4.78, 5) is 4.27. The quantitative estimate of drug-likeness (QED) is 0.841. The second-order valence-electron chi connectivity index (χ2n) is 4.47. The van der Waals surface area contributed by atoms with E-state index in [1.807, 2.05) is 45.0 Å². The van der Waals surface area contributed by atoms with E-state index in [0.717, 1.165) is 21.5 Å². The molecule has 2 aromatic rings. The molecule has 19 heavy (non-hydrogen) atoms. The van der Waals surface area contributed by atoms with Gasteiger partial charge in [0.05, 0.1) is 10.9 Å². The molecule has 0 saturated carbocycles. The van der Waals surface area contributed by atoms with Crippen molar-refractivity contribution in [2.45, 2.75) is 31.8 Å². The number of nitrogens with zero attached hydrogens (tertiary/aromatic N) is 1. The van der Waals surface area contributed by atoms with E-state index in [4.69, 9.17) is 4.42 Å². The van der Waals surface area contributed by atoms with Crippen molar-refractivity contribution in [3.63, 3.8) is 0 Å². The van der Waals surface area contributed by atoms with Crippen molar-refractivity contribution in [1.82, 2.24) is 4.98 Å². The molecule has 5 heteroatoms. The second-order valence-corrected chi connectivity index (χ2v) is 7.14. The molecule has 3 nitrogen and oxygen atoms in total. The van der Waals surface area contributed by atoms with Crippen LogP contribution in [0.3, 0.4) is 0 Å². The van der Waals surface area contributed by atoms with Crippen molar-refractivity contribution in [2.24, 2.45) is 0 Å². The molecule has 0 unspecified atom stereocenters. The van der Waals surface area contributed by atoms with E-state index in [1.165, 1.54) is 0 Å². The Morgan fingerprint density at radius 2 is 2.16 bits per heavy atom. The lowest BCUT2D eigenvalue weighted by atomic mass is 10.2. The van der Waals surface area contributed by atoms with Gasteiger partial charge < -0.3 is 4.42 Å². The average Bonchev–Trinajstić information content (AvgIpc) is 2.67. The maximum absolute atomic E-state index is 12.3. The summed E-state index contributed by atoms with van der Waals surface area (Å²) in [5, 5.41) is -0.0509. The molecule has 2 atom stereocenters. The summed E-state index contributed by atoms with van der Waals surface area (Å²) in [5.41, 5.74) is 1.91. The normalized spacial score (nSPS) is 14.3. The Hall–Kier alpha value is -0.940. The highest BCUT2D eigenvalue weighted by Gasteiger charge is 2.17. The second kappa shape index (κ2) is 6.01. The van der Waals surface area contributed by atoms with Crippen molar-refractivity contribution < 1.29 is 8.63 Å². The number of oxazole rings is 1. The van der Waals surface area contributed by atoms with Crippen LogP contribution in [-0.4, -0.2) is 9.19 Å². The Kier molecular flexibility index (Phi) is 4.58. The van der Waals surface area contributed by atoms with Crippen LogP contribution in [0, 0.1) is 13.8 Å². The highest BCUT2D eigenvalue weighted by molar-refractivity contribution is 9.10. The first-order chi connectivity index (χ1) is 8.97. The van der Waals surface area contributed by atoms with Gasteiger partial charge in [0.25, 0.3) is 0 Å². The summed E-state index contributed by atoms with van der Waals surface area (Å²) < 4.78 is 18.8. The van der Waals surface area contributed by atoms with Gasteiger partial charge in [-0.2, -0.15) is 0 Å². The van der Waals surface area contributed by atoms with Crippen molar-refractivity contribution in [1.29, 1.82) is 0 Å². The summed E-state index contributed by atoms with van der Waals surface area (Å²) >= 11 is 3.43. The van der Waals surface area contributed by atoms with Gasteiger partial charge in [-0.1, -0.05) is 28.1 Å². The van der Waals surface area contributed by atoms with Gasteiger partial charge >= 0.3 is 0 Å². The summed E-state index contributed by atoms with van der Waals surface area (Å²) in [6.45, 7) is 5.72. The van der Waals surface area contributed by atoms with Crippen LogP contribution in [-0.2, 0) is 16.6 Å². The minimum absolute atomic E-state index is 0.0509. The predicted octanol–water partition coefficient (Wildman–Crippen LogP) is 4.06. The van der Waals surface area contributed by atoms with Crippen molar-refractivity contribution in [3.8, 4) is 0 Å². The maximum Gasteiger partial charge on any atom is 0.207 e. The van der Waals surface area contributed by atoms with Gasteiger partial charge in [0, 0.05) is 15.3 Å². The Bertz CT molecular complexity index is 590. The van der Waals surface area contributed by atoms with Crippen molar-refractivity contribution in [3.05, 3.63) is 51.6 Å². The van der Waals surface area contributed by atoms with Crippen LogP contribution in [0.5, 0.6) is 0 Å². The lowest BCUT2D eigenvalue weighted by Gasteiger charge is -2.10. The Labute approximate surface area is 124 Å². The fourth-order valence-electron chi connectivity index (χ4n) is 1.76. The molecule has 1 aromatic carbocycles. The summed E-state index contributed by atoms with van der Waals surface area (Å²) in [7, 11) is -1.05. The SMILES string of the molecule is Cc1nc(C[S@@](=O)[C@H](C)c2cccc(Br)c2)oc1C. The van der Waals surface area contributed by atoms with E-state index >= 15 is 0 Å². The first-order valence-corrected chi connectivity index (χ1v) is 8.20. The first-order valence-electron chi connectivity index (χ1n) is 6.03. The molecular formula is C14H16BrNO2S. The summed E-state index contributed by atoms with van der Waals surface area (Å²) in [6.07, 6.45) is 0. The molecule has 2 rings (SSSR count). The fourth-order valence-corrected chi connectivity index (χ4v) is 3.24. The largest absolute Gasteiger partial charge is 0.445 e. The summed E-state index contributed by atoms with van der Waals surface area (Å²) in [6, 6.07) is 7.89. The van der Waals surface area contributed by atoms with Crippen molar-refractivity contribution >= 4 is 26.7 Å². The van der Waals surface area contributed by atoms with Crippen LogP contribution in [0.15, 0.2) is 33.2 Å². The van der Waals surface area contributed by atoms with Gasteiger partial charge in [-0.15, -0.1) is 0 Å². The molecule has 102 valence electrons. The smallest absolute Gasteiger partial charge is 0.207 e. The standard InChI is InChI=1S/C14H16BrNO2S/c1-9-10(2)18-14(16-9)8-19(17)11(3)12-5-4-6-13(15)7-12/h4-7,11H,8H2,1-3H3/t11-,19-/m1/s1. The highest BCUT2D eigenvalue weighted by atomic mass is 79.9. The number of benzene rings is 1. The number of hydrogen-bond acceptors (Lipinski definition) is 3. The lowest BCUT2D eigenvalue weighted by molar-refractivity contribution is 0.487. The van der Waals surface area contributed by atoms with Gasteiger partial charge in [0.15, 0.2) is 0 Å². The fraction of sp³-hybridized carbons (Fsp3) is 0.357. The van der Waals surface area contributed by atoms with Crippen LogP contribution in [0.4, 0.5) is 0 Å². The zero-order valence-electron chi connectivity index (χ0n) is 11.1. The molecule has 0 fully saturated rings. The van der Waals surface area contributed by atoms with E-state index in [9.17, 15) is 4.21 Å².